The standard InChI is InChI=1S/C18H20N4O/c1-23-13-5-3-2-4-12(13)20-16(21-14-10-17(14)6-7-17)22-15-18(8-9-18)11-19-15/h2-5H,6-11H2,1H3,(H,19,20,22). The molecular weight excluding hydrogens is 288 g/mol. The van der Waals surface area contributed by atoms with E-state index in [1.165, 1.54) is 31.4 Å². The number of nitrogens with one attached hydrogen (secondary N) is 1. The quantitative estimate of drug-likeness (QED) is 0.673. The molecule has 0 unspecified atom stereocenters. The summed E-state index contributed by atoms with van der Waals surface area (Å²) < 4.78 is 5.42. The highest BCUT2D eigenvalue weighted by molar-refractivity contribution is 6.17. The van der Waals surface area contributed by atoms with Crippen LogP contribution in [0.5, 0.6) is 5.75 Å². The van der Waals surface area contributed by atoms with Crippen LogP contribution in [-0.2, 0) is 0 Å². The number of ether oxygens (including phenoxy) is 1. The number of guanidine groups is 1. The Balaban J connectivity index is 1.45. The van der Waals surface area contributed by atoms with Crippen molar-refractivity contribution in [3.63, 3.8) is 0 Å². The first-order chi connectivity index (χ1) is 11.2. The van der Waals surface area contributed by atoms with Gasteiger partial charge in [0.25, 0.3) is 0 Å². The molecule has 5 nitrogen and oxygen atoms in total. The van der Waals surface area contributed by atoms with Crippen molar-refractivity contribution in [2.24, 2.45) is 25.8 Å². The van der Waals surface area contributed by atoms with Gasteiger partial charge >= 0.3 is 0 Å². The van der Waals surface area contributed by atoms with Gasteiger partial charge in [-0.1, -0.05) is 12.1 Å². The summed E-state index contributed by atoms with van der Waals surface area (Å²) >= 11 is 0. The number of aliphatic imine (C=N–C) groups is 3. The second-order valence-corrected chi connectivity index (χ2v) is 7.20. The lowest BCUT2D eigenvalue weighted by atomic mass is 10.0. The third-order valence-corrected chi connectivity index (χ3v) is 5.51. The van der Waals surface area contributed by atoms with Crippen LogP contribution < -0.4 is 10.1 Å². The maximum Gasteiger partial charge on any atom is 0.228 e. The van der Waals surface area contributed by atoms with Crippen molar-refractivity contribution in [1.82, 2.24) is 0 Å². The van der Waals surface area contributed by atoms with E-state index in [1.54, 1.807) is 7.11 Å². The molecule has 0 atom stereocenters. The minimum Gasteiger partial charge on any atom is -0.495 e. The molecular formula is C18H20N4O. The molecule has 118 valence electrons. The Kier molecular flexibility index (Phi) is 2.56. The highest BCUT2D eigenvalue weighted by Gasteiger charge is 2.60. The number of anilines is 1. The number of rotatable bonds is 2. The zero-order valence-corrected chi connectivity index (χ0v) is 13.3. The van der Waals surface area contributed by atoms with Gasteiger partial charge in [0.05, 0.1) is 19.3 Å². The molecule has 23 heavy (non-hydrogen) atoms. The Bertz CT molecular complexity index is 769. The maximum absolute atomic E-state index is 5.42. The Morgan fingerprint density at radius 3 is 2.57 bits per heavy atom. The highest BCUT2D eigenvalue weighted by Crippen LogP contribution is 2.63. The summed E-state index contributed by atoms with van der Waals surface area (Å²) in [5, 5.41) is 3.36. The van der Waals surface area contributed by atoms with Gasteiger partial charge in [0.15, 0.2) is 0 Å². The lowest BCUT2D eigenvalue weighted by Gasteiger charge is -2.22. The molecule has 0 saturated heterocycles. The summed E-state index contributed by atoms with van der Waals surface area (Å²) in [5.74, 6) is 2.44. The zero-order valence-electron chi connectivity index (χ0n) is 13.3. The van der Waals surface area contributed by atoms with Crippen molar-refractivity contribution < 1.29 is 4.74 Å². The van der Waals surface area contributed by atoms with E-state index in [2.05, 4.69) is 10.3 Å². The zero-order chi connectivity index (χ0) is 15.5. The van der Waals surface area contributed by atoms with Crippen molar-refractivity contribution in [2.75, 3.05) is 19.0 Å². The molecule has 3 saturated carbocycles. The number of benzene rings is 1. The minimum absolute atomic E-state index is 0.286. The van der Waals surface area contributed by atoms with E-state index in [0.29, 0.717) is 11.4 Å². The molecule has 1 heterocycles. The molecule has 3 aliphatic carbocycles. The van der Waals surface area contributed by atoms with Crippen LogP contribution in [0.4, 0.5) is 5.69 Å². The van der Waals surface area contributed by atoms with Crippen molar-refractivity contribution in [2.45, 2.75) is 32.1 Å². The van der Waals surface area contributed by atoms with Gasteiger partial charge in [-0.3, -0.25) is 4.99 Å². The Labute approximate surface area is 135 Å². The monoisotopic (exact) mass is 308 g/mol. The summed E-state index contributed by atoms with van der Waals surface area (Å²) in [6.07, 6.45) is 6.16. The summed E-state index contributed by atoms with van der Waals surface area (Å²) in [6.45, 7) is 0.939. The summed E-state index contributed by atoms with van der Waals surface area (Å²) in [5.41, 5.74) is 2.92. The minimum atomic E-state index is 0.286. The molecule has 0 bridgehead atoms. The number of nitrogens with zero attached hydrogens (tertiary/aromatic N) is 3. The molecule has 5 rings (SSSR count). The topological polar surface area (TPSA) is 58.3 Å². The number of para-hydroxylation sites is 2. The number of methoxy groups -OCH3 is 1. The van der Waals surface area contributed by atoms with E-state index in [1.807, 2.05) is 24.3 Å². The first-order valence-corrected chi connectivity index (χ1v) is 8.35. The van der Waals surface area contributed by atoms with Crippen LogP contribution in [0.1, 0.15) is 32.1 Å². The fraction of sp³-hybridized carbons (Fsp3) is 0.500. The van der Waals surface area contributed by atoms with Crippen molar-refractivity contribution in [3.8, 4) is 5.75 Å². The summed E-state index contributed by atoms with van der Waals surface area (Å²) in [6, 6.07) is 7.88. The smallest absolute Gasteiger partial charge is 0.228 e. The van der Waals surface area contributed by atoms with E-state index in [-0.39, 0.29) is 5.41 Å². The van der Waals surface area contributed by atoms with E-state index in [0.717, 1.165) is 30.2 Å². The molecule has 1 aromatic rings. The van der Waals surface area contributed by atoms with Gasteiger partial charge in [-0.25, -0.2) is 4.99 Å². The number of hydrogen-bond acceptors (Lipinski definition) is 3. The predicted molar refractivity (Wildman–Crippen MR) is 91.7 cm³/mol. The predicted octanol–water partition coefficient (Wildman–Crippen LogP) is 3.28. The highest BCUT2D eigenvalue weighted by atomic mass is 16.5. The van der Waals surface area contributed by atoms with Crippen LogP contribution in [-0.4, -0.2) is 31.2 Å². The summed E-state index contributed by atoms with van der Waals surface area (Å²) in [4.78, 5) is 14.0. The number of amidine groups is 1. The summed E-state index contributed by atoms with van der Waals surface area (Å²) in [7, 11) is 1.68. The Morgan fingerprint density at radius 2 is 1.96 bits per heavy atom. The van der Waals surface area contributed by atoms with Gasteiger partial charge in [0.2, 0.25) is 5.96 Å². The third-order valence-electron chi connectivity index (χ3n) is 5.51. The average Bonchev–Trinajstić information content (AvgIpc) is 3.42. The van der Waals surface area contributed by atoms with E-state index in [9.17, 15) is 0 Å². The second-order valence-electron chi connectivity index (χ2n) is 7.20. The molecule has 5 heteroatoms. The van der Waals surface area contributed by atoms with Gasteiger partial charge in [0.1, 0.15) is 11.6 Å². The van der Waals surface area contributed by atoms with E-state index >= 15 is 0 Å². The SMILES string of the molecule is COc1ccccc1NC(=NC1=NCC12CC2)N=C1CC12CC2. The maximum atomic E-state index is 5.42. The fourth-order valence-corrected chi connectivity index (χ4v) is 3.29. The second kappa shape index (κ2) is 4.43. The van der Waals surface area contributed by atoms with Crippen LogP contribution >= 0.6 is 0 Å². The fourth-order valence-electron chi connectivity index (χ4n) is 3.29. The van der Waals surface area contributed by atoms with Crippen molar-refractivity contribution in [1.29, 1.82) is 0 Å². The molecule has 1 aliphatic heterocycles. The molecule has 0 amide bonds. The normalized spacial score (nSPS) is 26.7. The van der Waals surface area contributed by atoms with Gasteiger partial charge in [-0.2, -0.15) is 4.99 Å². The molecule has 2 spiro atoms. The molecule has 3 fully saturated rings. The molecule has 0 radical (unpaired) electrons. The Hall–Kier alpha value is -2.17. The average molecular weight is 308 g/mol. The van der Waals surface area contributed by atoms with E-state index < -0.39 is 0 Å². The van der Waals surface area contributed by atoms with Crippen LogP contribution in [0, 0.1) is 10.8 Å². The van der Waals surface area contributed by atoms with E-state index in [4.69, 9.17) is 14.7 Å². The number of hydrogen-bond donors (Lipinski definition) is 1. The van der Waals surface area contributed by atoms with Crippen LogP contribution in [0.15, 0.2) is 39.2 Å². The lowest BCUT2D eigenvalue weighted by Crippen LogP contribution is -2.29. The third kappa shape index (κ3) is 2.18. The van der Waals surface area contributed by atoms with Crippen molar-refractivity contribution >= 4 is 23.2 Å². The lowest BCUT2D eigenvalue weighted by molar-refractivity contribution is 0.417. The molecule has 1 N–H and O–H groups in total. The first-order valence-electron chi connectivity index (χ1n) is 8.35. The van der Waals surface area contributed by atoms with Crippen molar-refractivity contribution in [3.05, 3.63) is 24.3 Å². The Morgan fingerprint density at radius 1 is 1.17 bits per heavy atom. The molecule has 0 aromatic heterocycles. The van der Waals surface area contributed by atoms with Gasteiger partial charge in [-0.05, 0) is 44.2 Å². The van der Waals surface area contributed by atoms with Crippen LogP contribution in [0.3, 0.4) is 0 Å². The first kappa shape index (κ1) is 13.3. The molecule has 4 aliphatic rings. The largest absolute Gasteiger partial charge is 0.495 e. The van der Waals surface area contributed by atoms with Crippen LogP contribution in [0.2, 0.25) is 0 Å². The van der Waals surface area contributed by atoms with Gasteiger partial charge < -0.3 is 10.1 Å². The molecule has 1 aromatic carbocycles. The van der Waals surface area contributed by atoms with Crippen LogP contribution in [0.25, 0.3) is 0 Å². The van der Waals surface area contributed by atoms with Gasteiger partial charge in [0, 0.05) is 16.5 Å². The van der Waals surface area contributed by atoms with Gasteiger partial charge in [-0.15, -0.1) is 0 Å².